The summed E-state index contributed by atoms with van der Waals surface area (Å²) >= 11 is 0. The van der Waals surface area contributed by atoms with Crippen LogP contribution in [0.25, 0.3) is 0 Å². The van der Waals surface area contributed by atoms with Gasteiger partial charge in [-0.25, -0.2) is 9.59 Å². The van der Waals surface area contributed by atoms with Crippen LogP contribution in [-0.4, -0.2) is 53.9 Å². The van der Waals surface area contributed by atoms with E-state index in [0.717, 1.165) is 0 Å². The Morgan fingerprint density at radius 2 is 2.17 bits per heavy atom. The van der Waals surface area contributed by atoms with Gasteiger partial charge in [-0.3, -0.25) is 4.90 Å². The zero-order valence-corrected chi connectivity index (χ0v) is 14.0. The molecule has 1 fully saturated rings. The van der Waals surface area contributed by atoms with Crippen molar-refractivity contribution in [3.63, 3.8) is 0 Å². The summed E-state index contributed by atoms with van der Waals surface area (Å²) in [7, 11) is 0. The van der Waals surface area contributed by atoms with E-state index >= 15 is 0 Å². The quantitative estimate of drug-likeness (QED) is 0.864. The standard InChI is InChI=1S/C16H24N2O5/c1-5-22-14(19)13-11(6-7-17-13)12-10-21-9-8-18(12)15(20)23-16(2,3)4/h6-7,12,17H,5,8-10H2,1-4H3. The highest BCUT2D eigenvalue weighted by molar-refractivity contribution is 5.89. The van der Waals surface area contributed by atoms with E-state index in [1.54, 1.807) is 24.1 Å². The van der Waals surface area contributed by atoms with Gasteiger partial charge in [0.25, 0.3) is 0 Å². The van der Waals surface area contributed by atoms with Crippen LogP contribution in [0.2, 0.25) is 0 Å². The Balaban J connectivity index is 2.24. The number of nitrogens with one attached hydrogen (secondary N) is 1. The molecule has 2 rings (SSSR count). The molecule has 0 aromatic carbocycles. The first-order valence-corrected chi connectivity index (χ1v) is 7.75. The van der Waals surface area contributed by atoms with E-state index in [0.29, 0.717) is 31.0 Å². The molecule has 1 N–H and O–H groups in total. The Kier molecular flexibility index (Phi) is 5.30. The number of ether oxygens (including phenoxy) is 3. The minimum atomic E-state index is -0.581. The molecule has 2 heterocycles. The zero-order chi connectivity index (χ0) is 17.0. The predicted octanol–water partition coefficient (Wildman–Crippen LogP) is 2.50. The monoisotopic (exact) mass is 324 g/mol. The fourth-order valence-electron chi connectivity index (χ4n) is 2.44. The Hall–Kier alpha value is -2.02. The topological polar surface area (TPSA) is 80.9 Å². The maximum absolute atomic E-state index is 12.4. The van der Waals surface area contributed by atoms with Gasteiger partial charge in [0.2, 0.25) is 0 Å². The number of rotatable bonds is 3. The van der Waals surface area contributed by atoms with E-state index in [4.69, 9.17) is 14.2 Å². The maximum Gasteiger partial charge on any atom is 0.410 e. The molecule has 128 valence electrons. The molecule has 1 aliphatic heterocycles. The smallest absolute Gasteiger partial charge is 0.410 e. The van der Waals surface area contributed by atoms with Crippen LogP contribution < -0.4 is 0 Å². The lowest BCUT2D eigenvalue weighted by Crippen LogP contribution is -2.46. The van der Waals surface area contributed by atoms with Crippen LogP contribution in [0.3, 0.4) is 0 Å². The number of carbonyl (C=O) groups is 2. The van der Waals surface area contributed by atoms with E-state index in [1.807, 2.05) is 20.8 Å². The number of nitrogens with zero attached hydrogens (tertiary/aromatic N) is 1. The Morgan fingerprint density at radius 3 is 2.83 bits per heavy atom. The van der Waals surface area contributed by atoms with E-state index in [1.165, 1.54) is 0 Å². The molecule has 1 aromatic rings. The Morgan fingerprint density at radius 1 is 1.43 bits per heavy atom. The minimum Gasteiger partial charge on any atom is -0.461 e. The first kappa shape index (κ1) is 17.3. The molecule has 1 atom stereocenters. The highest BCUT2D eigenvalue weighted by atomic mass is 16.6. The van der Waals surface area contributed by atoms with Crippen LogP contribution in [0.4, 0.5) is 4.79 Å². The molecule has 7 nitrogen and oxygen atoms in total. The third kappa shape index (κ3) is 4.25. The predicted molar refractivity (Wildman–Crippen MR) is 83.2 cm³/mol. The first-order chi connectivity index (χ1) is 10.8. The van der Waals surface area contributed by atoms with Crippen LogP contribution in [-0.2, 0) is 14.2 Å². The van der Waals surface area contributed by atoms with Gasteiger partial charge in [0, 0.05) is 18.3 Å². The van der Waals surface area contributed by atoms with Crippen molar-refractivity contribution >= 4 is 12.1 Å². The van der Waals surface area contributed by atoms with Crippen molar-refractivity contribution in [3.05, 3.63) is 23.5 Å². The Bertz CT molecular complexity index is 561. The molecule has 1 unspecified atom stereocenters. The highest BCUT2D eigenvalue weighted by Crippen LogP contribution is 2.28. The van der Waals surface area contributed by atoms with E-state index in [-0.39, 0.29) is 12.6 Å². The van der Waals surface area contributed by atoms with Crippen LogP contribution >= 0.6 is 0 Å². The largest absolute Gasteiger partial charge is 0.461 e. The van der Waals surface area contributed by atoms with Gasteiger partial charge in [0.1, 0.15) is 11.3 Å². The molecule has 0 saturated carbocycles. The number of aromatic nitrogens is 1. The summed E-state index contributed by atoms with van der Waals surface area (Å²) < 4.78 is 16.0. The van der Waals surface area contributed by atoms with Crippen molar-refractivity contribution in [1.29, 1.82) is 0 Å². The number of hydrogen-bond donors (Lipinski definition) is 1. The van der Waals surface area contributed by atoms with Gasteiger partial charge in [0.05, 0.1) is 25.9 Å². The van der Waals surface area contributed by atoms with Gasteiger partial charge >= 0.3 is 12.1 Å². The lowest BCUT2D eigenvalue weighted by atomic mass is 10.1. The van der Waals surface area contributed by atoms with Crippen molar-refractivity contribution in [2.45, 2.75) is 39.3 Å². The summed E-state index contributed by atoms with van der Waals surface area (Å²) in [6.07, 6.45) is 1.24. The minimum absolute atomic E-state index is 0.286. The van der Waals surface area contributed by atoms with Crippen molar-refractivity contribution in [2.75, 3.05) is 26.4 Å². The van der Waals surface area contributed by atoms with Crippen molar-refractivity contribution < 1.29 is 23.8 Å². The summed E-state index contributed by atoms with van der Waals surface area (Å²) in [5.74, 6) is -0.442. The van der Waals surface area contributed by atoms with Crippen molar-refractivity contribution in [1.82, 2.24) is 9.88 Å². The number of esters is 1. The number of aromatic amines is 1. The molecule has 0 bridgehead atoms. The Labute approximate surface area is 135 Å². The molecule has 23 heavy (non-hydrogen) atoms. The molecule has 1 aromatic heterocycles. The van der Waals surface area contributed by atoms with E-state index in [2.05, 4.69) is 4.98 Å². The SMILES string of the molecule is CCOC(=O)c1[nH]ccc1C1COCCN1C(=O)OC(C)(C)C. The molecule has 1 aliphatic rings. The van der Waals surface area contributed by atoms with Crippen LogP contribution in [0.15, 0.2) is 12.3 Å². The van der Waals surface area contributed by atoms with Crippen molar-refractivity contribution in [2.24, 2.45) is 0 Å². The summed E-state index contributed by atoms with van der Waals surface area (Å²) in [5.41, 5.74) is 0.437. The average Bonchev–Trinajstić information content (AvgIpc) is 2.95. The third-order valence-electron chi connectivity index (χ3n) is 3.37. The van der Waals surface area contributed by atoms with Gasteiger partial charge in [-0.2, -0.15) is 0 Å². The molecule has 0 radical (unpaired) electrons. The van der Waals surface area contributed by atoms with E-state index < -0.39 is 17.7 Å². The highest BCUT2D eigenvalue weighted by Gasteiger charge is 2.34. The van der Waals surface area contributed by atoms with Crippen LogP contribution in [0.5, 0.6) is 0 Å². The lowest BCUT2D eigenvalue weighted by Gasteiger charge is -2.36. The normalized spacial score (nSPS) is 18.6. The molecule has 0 spiro atoms. The molecule has 1 amide bonds. The summed E-state index contributed by atoms with van der Waals surface area (Å²) in [6, 6.07) is 1.38. The number of amides is 1. The summed E-state index contributed by atoms with van der Waals surface area (Å²) in [5, 5.41) is 0. The fraction of sp³-hybridized carbons (Fsp3) is 0.625. The van der Waals surface area contributed by atoms with Gasteiger partial charge in [-0.05, 0) is 33.8 Å². The van der Waals surface area contributed by atoms with Gasteiger partial charge in [-0.15, -0.1) is 0 Å². The summed E-state index contributed by atoms with van der Waals surface area (Å²) in [4.78, 5) is 29.0. The maximum atomic E-state index is 12.4. The fourth-order valence-corrected chi connectivity index (χ4v) is 2.44. The van der Waals surface area contributed by atoms with Crippen molar-refractivity contribution in [3.8, 4) is 0 Å². The number of H-pyrrole nitrogens is 1. The molecule has 0 aliphatic carbocycles. The van der Waals surface area contributed by atoms with Gasteiger partial charge in [-0.1, -0.05) is 0 Å². The molecule has 7 heteroatoms. The molecule has 1 saturated heterocycles. The second kappa shape index (κ2) is 7.04. The molecular weight excluding hydrogens is 300 g/mol. The number of hydrogen-bond acceptors (Lipinski definition) is 5. The van der Waals surface area contributed by atoms with E-state index in [9.17, 15) is 9.59 Å². The first-order valence-electron chi connectivity index (χ1n) is 7.75. The third-order valence-corrected chi connectivity index (χ3v) is 3.37. The number of carbonyl (C=O) groups excluding carboxylic acids is 2. The second-order valence-electron chi connectivity index (χ2n) is 6.29. The average molecular weight is 324 g/mol. The van der Waals surface area contributed by atoms with Gasteiger partial charge in [0.15, 0.2) is 0 Å². The summed E-state index contributed by atoms with van der Waals surface area (Å²) in [6.45, 7) is 8.65. The van der Waals surface area contributed by atoms with Gasteiger partial charge < -0.3 is 19.2 Å². The number of morpholine rings is 1. The van der Waals surface area contributed by atoms with Crippen LogP contribution in [0.1, 0.15) is 49.8 Å². The zero-order valence-electron chi connectivity index (χ0n) is 14.0. The van der Waals surface area contributed by atoms with Crippen LogP contribution in [0, 0.1) is 0 Å². The lowest BCUT2D eigenvalue weighted by molar-refractivity contribution is -0.0334. The molecular formula is C16H24N2O5. The second-order valence-corrected chi connectivity index (χ2v) is 6.29.